The molecule has 1 amide bonds. The second-order valence-corrected chi connectivity index (χ2v) is 9.58. The smallest absolute Gasteiger partial charge is 0.223 e. The normalized spacial score (nSPS) is 13.9. The number of ether oxygens (including phenoxy) is 2. The number of carbonyl (C=O) groups is 1. The zero-order chi connectivity index (χ0) is 25.6. The number of carbonyl (C=O) groups excluding carboxylic acids is 1. The molecule has 4 aromatic rings. The largest absolute Gasteiger partial charge is 0.493 e. The van der Waals surface area contributed by atoms with Crippen molar-refractivity contribution in [2.24, 2.45) is 5.92 Å². The molecule has 1 aliphatic heterocycles. The van der Waals surface area contributed by atoms with Crippen LogP contribution in [0.25, 0.3) is 16.4 Å². The molecule has 0 bridgehead atoms. The summed E-state index contributed by atoms with van der Waals surface area (Å²) in [6, 6.07) is 7.73. The van der Waals surface area contributed by atoms with E-state index in [-0.39, 0.29) is 11.8 Å². The molecule has 192 valence electrons. The molecule has 1 aliphatic rings. The third kappa shape index (κ3) is 5.72. The first kappa shape index (κ1) is 24.7. The third-order valence-electron chi connectivity index (χ3n) is 6.46. The predicted octanol–water partition coefficient (Wildman–Crippen LogP) is 3.38. The molecule has 4 heterocycles. The molecule has 0 radical (unpaired) electrons. The lowest BCUT2D eigenvalue weighted by atomic mass is 9.96. The quantitative estimate of drug-likeness (QED) is 0.359. The van der Waals surface area contributed by atoms with Gasteiger partial charge in [-0.05, 0) is 31.0 Å². The maximum Gasteiger partial charge on any atom is 0.223 e. The highest BCUT2D eigenvalue weighted by Gasteiger charge is 2.25. The third-order valence-corrected chi connectivity index (χ3v) is 7.40. The fourth-order valence-electron chi connectivity index (χ4n) is 4.40. The first-order chi connectivity index (χ1) is 18.1. The number of imidazole rings is 1. The van der Waals surface area contributed by atoms with Gasteiger partial charge in [0.05, 0.1) is 19.9 Å². The van der Waals surface area contributed by atoms with Crippen LogP contribution in [-0.2, 0) is 11.2 Å². The molecular weight excluding hydrogens is 490 g/mol. The topological polar surface area (TPSA) is 107 Å². The summed E-state index contributed by atoms with van der Waals surface area (Å²) in [5.41, 5.74) is 1.94. The van der Waals surface area contributed by atoms with Gasteiger partial charge in [0.2, 0.25) is 5.91 Å². The van der Waals surface area contributed by atoms with Crippen molar-refractivity contribution >= 4 is 23.1 Å². The Hall–Kier alpha value is -3.99. The Labute approximate surface area is 219 Å². The second-order valence-electron chi connectivity index (χ2n) is 8.72. The van der Waals surface area contributed by atoms with E-state index in [1.165, 1.54) is 0 Å². The minimum atomic E-state index is 0.00367. The Morgan fingerprint density at radius 3 is 2.68 bits per heavy atom. The number of nitrogens with one attached hydrogen (secondary N) is 1. The highest BCUT2D eigenvalue weighted by Crippen LogP contribution is 2.33. The van der Waals surface area contributed by atoms with Gasteiger partial charge >= 0.3 is 0 Å². The lowest BCUT2D eigenvalue weighted by Crippen LogP contribution is -2.41. The van der Waals surface area contributed by atoms with Gasteiger partial charge < -0.3 is 19.7 Å². The standard InChI is InChI=1S/C26H29N7O3S/c1-35-21-4-3-19(13-22(21)36-2)26-31-20(15-37-26)5-8-28-25(34)18-6-10-32(11-7-18)23-14-24(30-16-29-23)33-12-9-27-17-33/h3-4,9,12-18H,5-8,10-11H2,1-2H3,(H,28,34). The van der Waals surface area contributed by atoms with Gasteiger partial charge in [0.15, 0.2) is 11.5 Å². The van der Waals surface area contributed by atoms with Gasteiger partial charge in [-0.2, -0.15) is 0 Å². The Morgan fingerprint density at radius 2 is 1.92 bits per heavy atom. The zero-order valence-corrected chi connectivity index (χ0v) is 21.6. The van der Waals surface area contributed by atoms with E-state index in [2.05, 4.69) is 25.2 Å². The van der Waals surface area contributed by atoms with Gasteiger partial charge in [-0.15, -0.1) is 11.3 Å². The van der Waals surface area contributed by atoms with Crippen LogP contribution in [0, 0.1) is 5.92 Å². The van der Waals surface area contributed by atoms with Gasteiger partial charge in [-0.1, -0.05) is 0 Å². The number of thiazole rings is 1. The molecular formula is C26H29N7O3S. The van der Waals surface area contributed by atoms with Gasteiger partial charge in [0, 0.05) is 61.4 Å². The Balaban J connectivity index is 1.10. The lowest BCUT2D eigenvalue weighted by molar-refractivity contribution is -0.125. The molecule has 1 N–H and O–H groups in total. The van der Waals surface area contributed by atoms with Crippen LogP contribution in [0.5, 0.6) is 11.5 Å². The summed E-state index contributed by atoms with van der Waals surface area (Å²) in [5.74, 6) is 3.12. The molecule has 37 heavy (non-hydrogen) atoms. The number of hydrogen-bond acceptors (Lipinski definition) is 9. The van der Waals surface area contributed by atoms with Gasteiger partial charge in [-0.25, -0.2) is 19.9 Å². The number of aromatic nitrogens is 5. The summed E-state index contributed by atoms with van der Waals surface area (Å²) in [7, 11) is 3.24. The van der Waals surface area contributed by atoms with Crippen molar-refractivity contribution in [3.63, 3.8) is 0 Å². The monoisotopic (exact) mass is 519 g/mol. The van der Waals surface area contributed by atoms with E-state index in [0.29, 0.717) is 24.5 Å². The van der Waals surface area contributed by atoms with Crippen LogP contribution in [0.4, 0.5) is 5.82 Å². The maximum absolute atomic E-state index is 12.8. The number of anilines is 1. The van der Waals surface area contributed by atoms with Crippen molar-refractivity contribution in [2.75, 3.05) is 38.8 Å². The molecule has 0 atom stereocenters. The van der Waals surface area contributed by atoms with E-state index >= 15 is 0 Å². The molecule has 0 unspecified atom stereocenters. The summed E-state index contributed by atoms with van der Waals surface area (Å²) >= 11 is 1.58. The van der Waals surface area contributed by atoms with Crippen LogP contribution in [0.3, 0.4) is 0 Å². The first-order valence-corrected chi connectivity index (χ1v) is 13.0. The molecule has 1 aromatic carbocycles. The summed E-state index contributed by atoms with van der Waals surface area (Å²) in [6.07, 6.45) is 9.12. The molecule has 5 rings (SSSR count). The Kier molecular flexibility index (Phi) is 7.59. The van der Waals surface area contributed by atoms with Crippen molar-refractivity contribution in [1.29, 1.82) is 0 Å². The minimum Gasteiger partial charge on any atom is -0.493 e. The summed E-state index contributed by atoms with van der Waals surface area (Å²) in [4.78, 5) is 32.6. The minimum absolute atomic E-state index is 0.00367. The Bertz CT molecular complexity index is 1330. The average molecular weight is 520 g/mol. The molecule has 11 heteroatoms. The fourth-order valence-corrected chi connectivity index (χ4v) is 5.25. The summed E-state index contributed by atoms with van der Waals surface area (Å²) < 4.78 is 12.6. The summed E-state index contributed by atoms with van der Waals surface area (Å²) in [5, 5.41) is 6.05. The van der Waals surface area contributed by atoms with Crippen molar-refractivity contribution in [3.05, 3.63) is 60.4 Å². The molecule has 0 spiro atoms. The highest BCUT2D eigenvalue weighted by atomic mass is 32.1. The van der Waals surface area contributed by atoms with E-state index in [4.69, 9.17) is 14.5 Å². The number of piperidine rings is 1. The molecule has 1 saturated heterocycles. The average Bonchev–Trinajstić information content (AvgIpc) is 3.66. The number of amides is 1. The molecule has 3 aromatic heterocycles. The van der Waals surface area contributed by atoms with Crippen LogP contribution in [-0.4, -0.2) is 64.3 Å². The molecule has 10 nitrogen and oxygen atoms in total. The lowest BCUT2D eigenvalue weighted by Gasteiger charge is -2.32. The van der Waals surface area contributed by atoms with Gasteiger partial charge in [0.1, 0.15) is 29.3 Å². The second kappa shape index (κ2) is 11.4. The Morgan fingerprint density at radius 1 is 1.11 bits per heavy atom. The molecule has 0 saturated carbocycles. The maximum atomic E-state index is 12.8. The van der Waals surface area contributed by atoms with Crippen molar-refractivity contribution in [1.82, 2.24) is 29.8 Å². The highest BCUT2D eigenvalue weighted by molar-refractivity contribution is 7.13. The van der Waals surface area contributed by atoms with Gasteiger partial charge in [-0.3, -0.25) is 9.36 Å². The van der Waals surface area contributed by atoms with Crippen LogP contribution in [0.15, 0.2) is 54.7 Å². The number of benzene rings is 1. The van der Waals surface area contributed by atoms with Crippen LogP contribution < -0.4 is 19.7 Å². The van der Waals surface area contributed by atoms with Crippen molar-refractivity contribution in [2.45, 2.75) is 19.3 Å². The van der Waals surface area contributed by atoms with Crippen molar-refractivity contribution in [3.8, 4) is 27.9 Å². The van der Waals surface area contributed by atoms with E-state index in [0.717, 1.165) is 53.8 Å². The number of rotatable bonds is 9. The first-order valence-electron chi connectivity index (χ1n) is 12.1. The summed E-state index contributed by atoms with van der Waals surface area (Å²) in [6.45, 7) is 2.12. The van der Waals surface area contributed by atoms with Crippen LogP contribution >= 0.6 is 11.3 Å². The molecule has 0 aliphatic carbocycles. The van der Waals surface area contributed by atoms with Gasteiger partial charge in [0.25, 0.3) is 0 Å². The van der Waals surface area contributed by atoms with Crippen molar-refractivity contribution < 1.29 is 14.3 Å². The number of hydrogen-bond donors (Lipinski definition) is 1. The van der Waals surface area contributed by atoms with Crippen LogP contribution in [0.2, 0.25) is 0 Å². The van der Waals surface area contributed by atoms with E-state index in [9.17, 15) is 4.79 Å². The van der Waals surface area contributed by atoms with E-state index < -0.39 is 0 Å². The molecule has 1 fully saturated rings. The zero-order valence-electron chi connectivity index (χ0n) is 20.8. The van der Waals surface area contributed by atoms with E-state index in [1.807, 2.05) is 40.4 Å². The SMILES string of the molecule is COc1ccc(-c2nc(CCNC(=O)C3CCN(c4cc(-n5ccnc5)ncn4)CC3)cs2)cc1OC. The number of methoxy groups -OCH3 is 2. The van der Waals surface area contributed by atoms with Crippen LogP contribution in [0.1, 0.15) is 18.5 Å². The number of nitrogens with zero attached hydrogens (tertiary/aromatic N) is 6. The fraction of sp³-hybridized carbons (Fsp3) is 0.346. The predicted molar refractivity (Wildman–Crippen MR) is 141 cm³/mol. The van der Waals surface area contributed by atoms with E-state index in [1.54, 1.807) is 44.4 Å².